The van der Waals surface area contributed by atoms with Crippen molar-refractivity contribution in [1.82, 2.24) is 4.90 Å². The highest BCUT2D eigenvalue weighted by atomic mass is 32.1. The van der Waals surface area contributed by atoms with Crippen LogP contribution in [0.5, 0.6) is 5.75 Å². The fraction of sp³-hybridized carbons (Fsp3) is 0.333. The highest BCUT2D eigenvalue weighted by Gasteiger charge is 2.17. The average molecular weight is 315 g/mol. The van der Waals surface area contributed by atoms with Gasteiger partial charge in [-0.25, -0.2) is 0 Å². The standard InChI is InChI=1S/C18H21NO2S/c1-21-16-5-2-4-15(12-16)17(20)13-19-9-7-14(8-10-19)18-6-3-11-22-18/h2-7,11-12,17,20H,8-10,13H2,1H3. The fourth-order valence-electron chi connectivity index (χ4n) is 2.76. The van der Waals surface area contributed by atoms with E-state index in [9.17, 15) is 5.11 Å². The van der Waals surface area contributed by atoms with Crippen LogP contribution in [0.3, 0.4) is 0 Å². The van der Waals surface area contributed by atoms with Gasteiger partial charge >= 0.3 is 0 Å². The molecule has 2 aromatic rings. The first-order valence-corrected chi connectivity index (χ1v) is 8.41. The summed E-state index contributed by atoms with van der Waals surface area (Å²) in [4.78, 5) is 3.66. The van der Waals surface area contributed by atoms with Gasteiger partial charge in [0.1, 0.15) is 5.75 Å². The predicted molar refractivity (Wildman–Crippen MR) is 91.3 cm³/mol. The summed E-state index contributed by atoms with van der Waals surface area (Å²) in [5.41, 5.74) is 2.34. The lowest BCUT2D eigenvalue weighted by atomic mass is 10.0. The molecule has 0 fully saturated rings. The predicted octanol–water partition coefficient (Wildman–Crippen LogP) is 3.58. The molecule has 0 amide bonds. The number of methoxy groups -OCH3 is 1. The molecule has 1 N–H and O–H groups in total. The van der Waals surface area contributed by atoms with Gasteiger partial charge in [0.15, 0.2) is 0 Å². The first-order valence-electron chi connectivity index (χ1n) is 7.53. The molecule has 0 radical (unpaired) electrons. The Morgan fingerprint density at radius 2 is 2.23 bits per heavy atom. The Hall–Kier alpha value is -1.62. The van der Waals surface area contributed by atoms with Crippen molar-refractivity contribution < 1.29 is 9.84 Å². The summed E-state index contributed by atoms with van der Waals surface area (Å²) in [5, 5.41) is 12.5. The zero-order chi connectivity index (χ0) is 15.4. The summed E-state index contributed by atoms with van der Waals surface area (Å²) in [6.07, 6.45) is 2.85. The highest BCUT2D eigenvalue weighted by Crippen LogP contribution is 2.27. The van der Waals surface area contributed by atoms with Crippen molar-refractivity contribution in [2.24, 2.45) is 0 Å². The van der Waals surface area contributed by atoms with E-state index in [1.807, 2.05) is 24.3 Å². The van der Waals surface area contributed by atoms with E-state index in [1.165, 1.54) is 10.5 Å². The van der Waals surface area contributed by atoms with Gasteiger partial charge in [-0.05, 0) is 41.1 Å². The molecule has 1 aliphatic heterocycles. The number of hydrogen-bond donors (Lipinski definition) is 1. The van der Waals surface area contributed by atoms with Gasteiger partial charge in [-0.15, -0.1) is 11.3 Å². The molecular formula is C18H21NO2S. The molecule has 1 aromatic heterocycles. The van der Waals surface area contributed by atoms with Crippen molar-refractivity contribution in [2.75, 3.05) is 26.7 Å². The number of thiophene rings is 1. The van der Waals surface area contributed by atoms with Crippen molar-refractivity contribution in [3.63, 3.8) is 0 Å². The zero-order valence-electron chi connectivity index (χ0n) is 12.7. The summed E-state index contributed by atoms with van der Waals surface area (Å²) in [6, 6.07) is 11.9. The molecule has 1 aliphatic rings. The van der Waals surface area contributed by atoms with Crippen molar-refractivity contribution in [3.05, 3.63) is 58.3 Å². The molecule has 3 nitrogen and oxygen atoms in total. The van der Waals surface area contributed by atoms with Crippen LogP contribution in [0.25, 0.3) is 5.57 Å². The Kier molecular flexibility index (Phi) is 4.93. The van der Waals surface area contributed by atoms with Crippen molar-refractivity contribution in [1.29, 1.82) is 0 Å². The van der Waals surface area contributed by atoms with E-state index < -0.39 is 6.10 Å². The highest BCUT2D eigenvalue weighted by molar-refractivity contribution is 7.11. The van der Waals surface area contributed by atoms with Gasteiger partial charge in [0, 0.05) is 24.5 Å². The van der Waals surface area contributed by atoms with Crippen LogP contribution in [0.1, 0.15) is 23.0 Å². The van der Waals surface area contributed by atoms with Gasteiger partial charge in [-0.1, -0.05) is 24.3 Å². The number of nitrogens with zero attached hydrogens (tertiary/aromatic N) is 1. The minimum atomic E-state index is -0.480. The van der Waals surface area contributed by atoms with Crippen LogP contribution in [-0.4, -0.2) is 36.8 Å². The maximum atomic E-state index is 10.4. The maximum absolute atomic E-state index is 10.4. The Balaban J connectivity index is 1.60. The van der Waals surface area contributed by atoms with Gasteiger partial charge in [0.25, 0.3) is 0 Å². The van der Waals surface area contributed by atoms with E-state index in [2.05, 4.69) is 28.5 Å². The Morgan fingerprint density at radius 1 is 1.32 bits per heavy atom. The Bertz CT molecular complexity index is 636. The van der Waals surface area contributed by atoms with Gasteiger partial charge in [-0.2, -0.15) is 0 Å². The molecule has 0 spiro atoms. The molecule has 116 valence electrons. The third-order valence-corrected chi connectivity index (χ3v) is 4.99. The van der Waals surface area contributed by atoms with Crippen LogP contribution in [-0.2, 0) is 0 Å². The van der Waals surface area contributed by atoms with E-state index in [0.717, 1.165) is 30.8 Å². The molecule has 2 heterocycles. The number of benzene rings is 1. The Morgan fingerprint density at radius 3 is 2.91 bits per heavy atom. The van der Waals surface area contributed by atoms with Gasteiger partial charge in [-0.3, -0.25) is 4.90 Å². The van der Waals surface area contributed by atoms with Gasteiger partial charge in [0.2, 0.25) is 0 Å². The SMILES string of the molecule is COc1cccc(C(O)CN2CC=C(c3cccs3)CC2)c1. The van der Waals surface area contributed by atoms with Crippen molar-refractivity contribution >= 4 is 16.9 Å². The number of rotatable bonds is 5. The summed E-state index contributed by atoms with van der Waals surface area (Å²) in [6.45, 7) is 2.54. The lowest BCUT2D eigenvalue weighted by Gasteiger charge is -2.28. The fourth-order valence-corrected chi connectivity index (χ4v) is 3.56. The molecule has 3 rings (SSSR count). The minimum Gasteiger partial charge on any atom is -0.497 e. The van der Waals surface area contributed by atoms with E-state index >= 15 is 0 Å². The second kappa shape index (κ2) is 7.09. The normalized spacial score (nSPS) is 17.1. The molecule has 1 atom stereocenters. The molecule has 22 heavy (non-hydrogen) atoms. The summed E-state index contributed by atoms with van der Waals surface area (Å²) in [5.74, 6) is 0.787. The third-order valence-electron chi connectivity index (χ3n) is 4.04. The molecule has 4 heteroatoms. The lowest BCUT2D eigenvalue weighted by Crippen LogP contribution is -2.32. The number of β-amino-alcohol motifs (C(OH)–C–C–N with tert-alkyl or cyclic N) is 1. The summed E-state index contributed by atoms with van der Waals surface area (Å²) < 4.78 is 5.22. The second-order valence-electron chi connectivity index (χ2n) is 5.51. The van der Waals surface area contributed by atoms with E-state index in [-0.39, 0.29) is 0 Å². The van der Waals surface area contributed by atoms with E-state index in [0.29, 0.717) is 6.54 Å². The molecule has 1 aromatic carbocycles. The van der Waals surface area contributed by atoms with Gasteiger partial charge < -0.3 is 9.84 Å². The van der Waals surface area contributed by atoms with Crippen LogP contribution in [0.4, 0.5) is 0 Å². The first kappa shape index (κ1) is 15.3. The van der Waals surface area contributed by atoms with Crippen LogP contribution in [0.2, 0.25) is 0 Å². The van der Waals surface area contributed by atoms with Crippen molar-refractivity contribution in [3.8, 4) is 5.75 Å². The minimum absolute atomic E-state index is 0.480. The summed E-state index contributed by atoms with van der Waals surface area (Å²) >= 11 is 1.80. The first-order chi connectivity index (χ1) is 10.8. The topological polar surface area (TPSA) is 32.7 Å². The smallest absolute Gasteiger partial charge is 0.119 e. The number of aliphatic hydroxyl groups is 1. The third kappa shape index (κ3) is 3.58. The van der Waals surface area contributed by atoms with Gasteiger partial charge in [0.05, 0.1) is 13.2 Å². The van der Waals surface area contributed by atoms with Crippen LogP contribution < -0.4 is 4.74 Å². The second-order valence-corrected chi connectivity index (χ2v) is 6.46. The average Bonchev–Trinajstić information content (AvgIpc) is 3.10. The molecule has 1 unspecified atom stereocenters. The van der Waals surface area contributed by atoms with E-state index in [1.54, 1.807) is 18.4 Å². The summed E-state index contributed by atoms with van der Waals surface area (Å²) in [7, 11) is 1.65. The number of hydrogen-bond acceptors (Lipinski definition) is 4. The number of aliphatic hydroxyl groups excluding tert-OH is 1. The van der Waals surface area contributed by atoms with Crippen LogP contribution >= 0.6 is 11.3 Å². The monoisotopic (exact) mass is 315 g/mol. The Labute approximate surface area is 135 Å². The molecule has 0 bridgehead atoms. The largest absolute Gasteiger partial charge is 0.497 e. The van der Waals surface area contributed by atoms with E-state index in [4.69, 9.17) is 4.74 Å². The number of ether oxygens (including phenoxy) is 1. The molecular weight excluding hydrogens is 294 g/mol. The lowest BCUT2D eigenvalue weighted by molar-refractivity contribution is 0.119. The van der Waals surface area contributed by atoms with Crippen LogP contribution in [0, 0.1) is 0 Å². The molecule has 0 saturated carbocycles. The molecule has 0 aliphatic carbocycles. The zero-order valence-corrected chi connectivity index (χ0v) is 13.6. The maximum Gasteiger partial charge on any atom is 0.119 e. The van der Waals surface area contributed by atoms with Crippen molar-refractivity contribution in [2.45, 2.75) is 12.5 Å². The quantitative estimate of drug-likeness (QED) is 0.915. The molecule has 0 saturated heterocycles. The van der Waals surface area contributed by atoms with Crippen LogP contribution in [0.15, 0.2) is 47.9 Å².